The lowest BCUT2D eigenvalue weighted by molar-refractivity contribution is 0.417. The maximum Gasteiger partial charge on any atom is 0.184 e. The Morgan fingerprint density at radius 1 is 1.26 bits per heavy atom. The van der Waals surface area contributed by atoms with Crippen molar-refractivity contribution in [3.05, 3.63) is 41.7 Å². The molecule has 1 N–H and O–H groups in total. The van der Waals surface area contributed by atoms with Crippen LogP contribution in [-0.4, -0.2) is 20.5 Å². The summed E-state index contributed by atoms with van der Waals surface area (Å²) in [5.74, 6) is -1.83. The molecular weight excluding hydrogens is 250 g/mol. The Bertz CT molecular complexity index is 572. The Hall–Kier alpha value is -1.82. The first-order valence-electron chi connectivity index (χ1n) is 5.97. The fourth-order valence-corrected chi connectivity index (χ4v) is 1.59. The van der Waals surface area contributed by atoms with Gasteiger partial charge in [0.05, 0.1) is 11.9 Å². The molecule has 1 aromatic carbocycles. The molecule has 2 rings (SSSR count). The fraction of sp³-hybridized carbons (Fsp3) is 0.385. The summed E-state index contributed by atoms with van der Waals surface area (Å²) in [6, 6.07) is 3.98. The van der Waals surface area contributed by atoms with Gasteiger partial charge in [-0.15, -0.1) is 5.10 Å². The molecule has 102 valence electrons. The molecule has 19 heavy (non-hydrogen) atoms. The Morgan fingerprint density at radius 3 is 2.68 bits per heavy atom. The Labute approximate surface area is 110 Å². The standard InChI is InChI=1S/C13H16F2N4/c1-13(2,3)16-7-9-8-17-18-19(9)11-6-4-5-10(14)12(11)15/h4-6,8,16H,7H2,1-3H3. The average Bonchev–Trinajstić information content (AvgIpc) is 2.77. The molecule has 6 heteroatoms. The molecule has 4 nitrogen and oxygen atoms in total. The molecule has 1 heterocycles. The molecule has 0 aliphatic heterocycles. The van der Waals surface area contributed by atoms with Crippen LogP contribution < -0.4 is 5.32 Å². The Kier molecular flexibility index (Phi) is 3.61. The number of nitrogens with zero attached hydrogens (tertiary/aromatic N) is 3. The SMILES string of the molecule is CC(C)(C)NCc1cnnn1-c1cccc(F)c1F. The van der Waals surface area contributed by atoms with Crippen molar-refractivity contribution in [2.75, 3.05) is 0 Å². The molecule has 0 radical (unpaired) electrons. The predicted octanol–water partition coefficient (Wildman–Crippen LogP) is 2.43. The van der Waals surface area contributed by atoms with Crippen LogP contribution in [-0.2, 0) is 6.54 Å². The lowest BCUT2D eigenvalue weighted by Crippen LogP contribution is -2.35. The normalized spacial score (nSPS) is 11.8. The zero-order valence-corrected chi connectivity index (χ0v) is 11.1. The van der Waals surface area contributed by atoms with Gasteiger partial charge in [0.1, 0.15) is 5.69 Å². The van der Waals surface area contributed by atoms with Crippen LogP contribution in [0.3, 0.4) is 0 Å². The number of nitrogens with one attached hydrogen (secondary N) is 1. The maximum absolute atomic E-state index is 13.7. The first kappa shape index (κ1) is 13.6. The minimum Gasteiger partial charge on any atom is -0.306 e. The summed E-state index contributed by atoms with van der Waals surface area (Å²) < 4.78 is 28.3. The van der Waals surface area contributed by atoms with E-state index in [9.17, 15) is 8.78 Å². The van der Waals surface area contributed by atoms with Gasteiger partial charge in [-0.05, 0) is 32.9 Å². The van der Waals surface area contributed by atoms with Gasteiger partial charge < -0.3 is 5.32 Å². The number of aromatic nitrogens is 3. The molecule has 0 bridgehead atoms. The van der Waals surface area contributed by atoms with Crippen molar-refractivity contribution >= 4 is 0 Å². The molecule has 2 aromatic rings. The summed E-state index contributed by atoms with van der Waals surface area (Å²) in [5, 5.41) is 10.8. The molecule has 0 amide bonds. The average molecular weight is 266 g/mol. The van der Waals surface area contributed by atoms with Crippen LogP contribution in [0.25, 0.3) is 5.69 Å². The second kappa shape index (κ2) is 5.05. The van der Waals surface area contributed by atoms with Gasteiger partial charge in [-0.3, -0.25) is 0 Å². The van der Waals surface area contributed by atoms with Gasteiger partial charge >= 0.3 is 0 Å². The van der Waals surface area contributed by atoms with E-state index in [-0.39, 0.29) is 11.2 Å². The van der Waals surface area contributed by atoms with E-state index in [2.05, 4.69) is 15.6 Å². The third-order valence-electron chi connectivity index (χ3n) is 2.58. The van der Waals surface area contributed by atoms with Crippen molar-refractivity contribution in [2.24, 2.45) is 0 Å². The zero-order chi connectivity index (χ0) is 14.0. The Morgan fingerprint density at radius 2 is 2.00 bits per heavy atom. The van der Waals surface area contributed by atoms with Gasteiger partial charge in [0.25, 0.3) is 0 Å². The second-order valence-corrected chi connectivity index (χ2v) is 5.31. The molecule has 0 saturated carbocycles. The molecule has 0 spiro atoms. The minimum absolute atomic E-state index is 0.0585. The van der Waals surface area contributed by atoms with Gasteiger partial charge in [-0.1, -0.05) is 11.3 Å². The summed E-state index contributed by atoms with van der Waals surface area (Å²) in [6.45, 7) is 6.52. The van der Waals surface area contributed by atoms with Gasteiger partial charge in [-0.2, -0.15) is 0 Å². The first-order valence-corrected chi connectivity index (χ1v) is 5.97. The van der Waals surface area contributed by atoms with Gasteiger partial charge in [-0.25, -0.2) is 13.5 Å². The number of hydrogen-bond acceptors (Lipinski definition) is 3. The minimum atomic E-state index is -0.926. The van der Waals surface area contributed by atoms with Crippen LogP contribution in [0.5, 0.6) is 0 Å². The Balaban J connectivity index is 2.31. The third-order valence-corrected chi connectivity index (χ3v) is 2.58. The highest BCUT2D eigenvalue weighted by molar-refractivity contribution is 5.34. The largest absolute Gasteiger partial charge is 0.306 e. The van der Waals surface area contributed by atoms with Gasteiger partial charge in [0.15, 0.2) is 11.6 Å². The van der Waals surface area contributed by atoms with Gasteiger partial charge in [0, 0.05) is 12.1 Å². The molecule has 0 aliphatic rings. The smallest absolute Gasteiger partial charge is 0.184 e. The van der Waals surface area contributed by atoms with E-state index in [1.54, 1.807) is 0 Å². The van der Waals surface area contributed by atoms with E-state index in [1.807, 2.05) is 20.8 Å². The summed E-state index contributed by atoms with van der Waals surface area (Å²) in [5.41, 5.74) is 0.637. The number of rotatable bonds is 3. The van der Waals surface area contributed by atoms with E-state index in [1.165, 1.54) is 23.0 Å². The predicted molar refractivity (Wildman–Crippen MR) is 67.9 cm³/mol. The monoisotopic (exact) mass is 266 g/mol. The molecule has 0 fully saturated rings. The molecule has 0 unspecified atom stereocenters. The second-order valence-electron chi connectivity index (χ2n) is 5.31. The van der Waals surface area contributed by atoms with Crippen molar-refractivity contribution in [2.45, 2.75) is 32.9 Å². The van der Waals surface area contributed by atoms with Crippen molar-refractivity contribution in [3.63, 3.8) is 0 Å². The molecule has 0 aliphatic carbocycles. The summed E-state index contributed by atoms with van der Waals surface area (Å²) in [7, 11) is 0. The topological polar surface area (TPSA) is 42.7 Å². The van der Waals surface area contributed by atoms with E-state index < -0.39 is 11.6 Å². The lowest BCUT2D eigenvalue weighted by Gasteiger charge is -2.20. The van der Waals surface area contributed by atoms with E-state index in [4.69, 9.17) is 0 Å². The van der Waals surface area contributed by atoms with Crippen molar-refractivity contribution < 1.29 is 8.78 Å². The van der Waals surface area contributed by atoms with E-state index in [0.717, 1.165) is 6.07 Å². The molecule has 1 aromatic heterocycles. The van der Waals surface area contributed by atoms with Crippen molar-refractivity contribution in [1.29, 1.82) is 0 Å². The highest BCUT2D eigenvalue weighted by Crippen LogP contribution is 2.17. The van der Waals surface area contributed by atoms with Crippen LogP contribution in [0.15, 0.2) is 24.4 Å². The number of benzene rings is 1. The van der Waals surface area contributed by atoms with Crippen LogP contribution in [0.1, 0.15) is 26.5 Å². The quantitative estimate of drug-likeness (QED) is 0.927. The molecule has 0 atom stereocenters. The highest BCUT2D eigenvalue weighted by Gasteiger charge is 2.15. The first-order chi connectivity index (χ1) is 8.88. The number of hydrogen-bond donors (Lipinski definition) is 1. The zero-order valence-electron chi connectivity index (χ0n) is 11.1. The highest BCUT2D eigenvalue weighted by atomic mass is 19.2. The number of halogens is 2. The summed E-state index contributed by atoms with van der Waals surface area (Å²) in [6.07, 6.45) is 1.53. The van der Waals surface area contributed by atoms with Crippen LogP contribution >= 0.6 is 0 Å². The van der Waals surface area contributed by atoms with Crippen LogP contribution in [0.2, 0.25) is 0 Å². The van der Waals surface area contributed by atoms with Gasteiger partial charge in [0.2, 0.25) is 0 Å². The summed E-state index contributed by atoms with van der Waals surface area (Å²) >= 11 is 0. The third kappa shape index (κ3) is 3.14. The maximum atomic E-state index is 13.7. The lowest BCUT2D eigenvalue weighted by atomic mass is 10.1. The fourth-order valence-electron chi connectivity index (χ4n) is 1.59. The van der Waals surface area contributed by atoms with E-state index in [0.29, 0.717) is 12.2 Å². The van der Waals surface area contributed by atoms with Crippen LogP contribution in [0.4, 0.5) is 8.78 Å². The van der Waals surface area contributed by atoms with Crippen LogP contribution in [0, 0.1) is 11.6 Å². The van der Waals surface area contributed by atoms with E-state index >= 15 is 0 Å². The molecular formula is C13H16F2N4. The van der Waals surface area contributed by atoms with Crippen molar-refractivity contribution in [1.82, 2.24) is 20.3 Å². The molecule has 0 saturated heterocycles. The summed E-state index contributed by atoms with van der Waals surface area (Å²) in [4.78, 5) is 0. The van der Waals surface area contributed by atoms with Crippen molar-refractivity contribution in [3.8, 4) is 5.69 Å².